The van der Waals surface area contributed by atoms with E-state index in [1.54, 1.807) is 0 Å². The molecule has 3 heteroatoms. The molecule has 1 N–H and O–H groups in total. The summed E-state index contributed by atoms with van der Waals surface area (Å²) in [6, 6.07) is 8.18. The van der Waals surface area contributed by atoms with Gasteiger partial charge in [0.25, 0.3) is 0 Å². The van der Waals surface area contributed by atoms with Crippen molar-refractivity contribution in [1.82, 2.24) is 5.32 Å². The summed E-state index contributed by atoms with van der Waals surface area (Å²) in [6.45, 7) is 7.16. The van der Waals surface area contributed by atoms with E-state index in [9.17, 15) is 0 Å². The van der Waals surface area contributed by atoms with Gasteiger partial charge in [0.1, 0.15) is 0 Å². The second-order valence-corrected chi connectivity index (χ2v) is 5.54. The SMILES string of the molecule is C[C@H]1NC(C)(C)CO[C@H]1c1cccc(Cl)c1. The van der Waals surface area contributed by atoms with Crippen LogP contribution in [-0.2, 0) is 4.74 Å². The monoisotopic (exact) mass is 239 g/mol. The summed E-state index contributed by atoms with van der Waals surface area (Å²) in [5.41, 5.74) is 1.19. The summed E-state index contributed by atoms with van der Waals surface area (Å²) in [6.07, 6.45) is 0.0896. The van der Waals surface area contributed by atoms with Gasteiger partial charge in [0.15, 0.2) is 0 Å². The number of halogens is 1. The highest BCUT2D eigenvalue weighted by Crippen LogP contribution is 2.29. The molecule has 0 radical (unpaired) electrons. The molecule has 1 aliphatic rings. The molecule has 0 bridgehead atoms. The third-order valence-electron chi connectivity index (χ3n) is 2.87. The smallest absolute Gasteiger partial charge is 0.0976 e. The predicted molar refractivity (Wildman–Crippen MR) is 66.8 cm³/mol. The number of nitrogens with one attached hydrogen (secondary N) is 1. The van der Waals surface area contributed by atoms with Gasteiger partial charge in [0.05, 0.1) is 12.7 Å². The van der Waals surface area contributed by atoms with Crippen LogP contribution in [0.4, 0.5) is 0 Å². The van der Waals surface area contributed by atoms with E-state index in [1.807, 2.05) is 18.2 Å². The number of hydrogen-bond acceptors (Lipinski definition) is 2. The molecule has 88 valence electrons. The lowest BCUT2D eigenvalue weighted by atomic mass is 9.96. The minimum absolute atomic E-state index is 0.0501. The van der Waals surface area contributed by atoms with Crippen LogP contribution in [0.3, 0.4) is 0 Å². The van der Waals surface area contributed by atoms with Gasteiger partial charge in [0.2, 0.25) is 0 Å². The van der Waals surface area contributed by atoms with Gasteiger partial charge in [0, 0.05) is 16.6 Å². The Morgan fingerprint density at radius 2 is 2.19 bits per heavy atom. The average molecular weight is 240 g/mol. The fourth-order valence-electron chi connectivity index (χ4n) is 2.24. The van der Waals surface area contributed by atoms with Crippen molar-refractivity contribution in [1.29, 1.82) is 0 Å². The molecule has 1 fully saturated rings. The van der Waals surface area contributed by atoms with Crippen molar-refractivity contribution in [2.24, 2.45) is 0 Å². The van der Waals surface area contributed by atoms with Gasteiger partial charge in [-0.05, 0) is 38.5 Å². The highest BCUT2D eigenvalue weighted by atomic mass is 35.5. The lowest BCUT2D eigenvalue weighted by Crippen LogP contribution is -2.55. The van der Waals surface area contributed by atoms with Gasteiger partial charge in [-0.3, -0.25) is 0 Å². The molecule has 0 spiro atoms. The fraction of sp³-hybridized carbons (Fsp3) is 0.538. The van der Waals surface area contributed by atoms with Crippen molar-refractivity contribution in [3.8, 4) is 0 Å². The average Bonchev–Trinajstić information content (AvgIpc) is 2.15. The van der Waals surface area contributed by atoms with Crippen LogP contribution in [0, 0.1) is 0 Å². The van der Waals surface area contributed by atoms with Gasteiger partial charge in [-0.25, -0.2) is 0 Å². The van der Waals surface area contributed by atoms with E-state index in [4.69, 9.17) is 16.3 Å². The zero-order chi connectivity index (χ0) is 11.8. The molecule has 0 aromatic heterocycles. The summed E-state index contributed by atoms with van der Waals surface area (Å²) in [4.78, 5) is 0. The van der Waals surface area contributed by atoms with Crippen LogP contribution in [0.5, 0.6) is 0 Å². The molecule has 1 aromatic carbocycles. The molecule has 2 atom stereocenters. The van der Waals surface area contributed by atoms with Crippen molar-refractivity contribution >= 4 is 11.6 Å². The van der Waals surface area contributed by atoms with Crippen molar-refractivity contribution in [3.63, 3.8) is 0 Å². The van der Waals surface area contributed by atoms with Gasteiger partial charge in [-0.15, -0.1) is 0 Å². The molecule has 16 heavy (non-hydrogen) atoms. The lowest BCUT2D eigenvalue weighted by molar-refractivity contribution is -0.0495. The Labute approximate surface area is 102 Å². The first-order chi connectivity index (χ1) is 7.48. The van der Waals surface area contributed by atoms with Crippen LogP contribution in [0.25, 0.3) is 0 Å². The minimum Gasteiger partial charge on any atom is -0.370 e. The Morgan fingerprint density at radius 3 is 2.81 bits per heavy atom. The molecule has 1 aliphatic heterocycles. The number of rotatable bonds is 1. The quantitative estimate of drug-likeness (QED) is 0.813. The molecular weight excluding hydrogens is 222 g/mol. The van der Waals surface area contributed by atoms with Crippen molar-refractivity contribution < 1.29 is 4.74 Å². The van der Waals surface area contributed by atoms with Crippen LogP contribution >= 0.6 is 11.6 Å². The first kappa shape index (κ1) is 11.9. The molecule has 1 saturated heterocycles. The van der Waals surface area contributed by atoms with Crippen molar-refractivity contribution in [2.75, 3.05) is 6.61 Å². The minimum atomic E-state index is 0.0501. The number of benzene rings is 1. The largest absolute Gasteiger partial charge is 0.370 e. The van der Waals surface area contributed by atoms with Crippen LogP contribution in [-0.4, -0.2) is 18.2 Å². The second-order valence-electron chi connectivity index (χ2n) is 5.10. The normalized spacial score (nSPS) is 29.0. The molecule has 0 aliphatic carbocycles. The summed E-state index contributed by atoms with van der Waals surface area (Å²) in [5, 5.41) is 4.32. The van der Waals surface area contributed by atoms with E-state index in [1.165, 1.54) is 0 Å². The van der Waals surface area contributed by atoms with Crippen molar-refractivity contribution in [2.45, 2.75) is 38.5 Å². The Kier molecular flexibility index (Phi) is 3.24. The summed E-state index contributed by atoms with van der Waals surface area (Å²) >= 11 is 5.99. The third-order valence-corrected chi connectivity index (χ3v) is 3.11. The third kappa shape index (κ3) is 2.57. The van der Waals surface area contributed by atoms with Crippen LogP contribution in [0.2, 0.25) is 5.02 Å². The van der Waals surface area contributed by atoms with Gasteiger partial charge in [-0.1, -0.05) is 23.7 Å². The summed E-state index contributed by atoms with van der Waals surface area (Å²) in [7, 11) is 0. The molecule has 0 unspecified atom stereocenters. The second kappa shape index (κ2) is 4.36. The Bertz CT molecular complexity index is 378. The summed E-state index contributed by atoms with van der Waals surface area (Å²) in [5.74, 6) is 0. The number of hydrogen-bond donors (Lipinski definition) is 1. The number of ether oxygens (including phenoxy) is 1. The van der Waals surface area contributed by atoms with E-state index in [-0.39, 0.29) is 11.6 Å². The van der Waals surface area contributed by atoms with E-state index in [0.717, 1.165) is 10.6 Å². The molecule has 0 saturated carbocycles. The van der Waals surface area contributed by atoms with Crippen molar-refractivity contribution in [3.05, 3.63) is 34.9 Å². The standard InChI is InChI=1S/C13H18ClNO/c1-9-12(16-8-13(2,3)15-9)10-5-4-6-11(14)7-10/h4-7,9,12,15H,8H2,1-3H3/t9-,12-/m1/s1. The Hall–Kier alpha value is -0.570. The topological polar surface area (TPSA) is 21.3 Å². The van der Waals surface area contributed by atoms with E-state index in [0.29, 0.717) is 12.6 Å². The van der Waals surface area contributed by atoms with Crippen LogP contribution < -0.4 is 5.32 Å². The lowest BCUT2D eigenvalue weighted by Gasteiger charge is -2.41. The van der Waals surface area contributed by atoms with Gasteiger partial charge >= 0.3 is 0 Å². The van der Waals surface area contributed by atoms with E-state index >= 15 is 0 Å². The number of morpholine rings is 1. The first-order valence-electron chi connectivity index (χ1n) is 5.63. The highest BCUT2D eigenvalue weighted by molar-refractivity contribution is 6.30. The maximum atomic E-state index is 5.99. The zero-order valence-corrected chi connectivity index (χ0v) is 10.7. The predicted octanol–water partition coefficient (Wildman–Crippen LogP) is 3.17. The highest BCUT2D eigenvalue weighted by Gasteiger charge is 2.33. The maximum Gasteiger partial charge on any atom is 0.0976 e. The molecule has 0 amide bonds. The zero-order valence-electron chi connectivity index (χ0n) is 9.96. The molecule has 1 heterocycles. The Morgan fingerprint density at radius 1 is 1.44 bits per heavy atom. The van der Waals surface area contributed by atoms with Crippen LogP contribution in [0.1, 0.15) is 32.4 Å². The molecule has 2 rings (SSSR count). The molecule has 1 aromatic rings. The van der Waals surface area contributed by atoms with Crippen LogP contribution in [0.15, 0.2) is 24.3 Å². The van der Waals surface area contributed by atoms with Gasteiger partial charge < -0.3 is 10.1 Å². The maximum absolute atomic E-state index is 5.99. The molecular formula is C13H18ClNO. The van der Waals surface area contributed by atoms with E-state index < -0.39 is 0 Å². The van der Waals surface area contributed by atoms with Gasteiger partial charge in [-0.2, -0.15) is 0 Å². The summed E-state index contributed by atoms with van der Waals surface area (Å²) < 4.78 is 5.93. The molecule has 2 nitrogen and oxygen atoms in total. The first-order valence-corrected chi connectivity index (χ1v) is 6.00. The Balaban J connectivity index is 2.17. The fourth-order valence-corrected chi connectivity index (χ4v) is 2.44. The van der Waals surface area contributed by atoms with E-state index in [2.05, 4.69) is 32.2 Å².